The van der Waals surface area contributed by atoms with Gasteiger partial charge in [-0.3, -0.25) is 4.79 Å². The molecule has 0 radical (unpaired) electrons. The van der Waals surface area contributed by atoms with E-state index in [-0.39, 0.29) is 5.91 Å². The molecule has 2 rings (SSSR count). The normalized spacial score (nSPS) is 15.5. The summed E-state index contributed by atoms with van der Waals surface area (Å²) in [6.45, 7) is 4.62. The predicted molar refractivity (Wildman–Crippen MR) is 64.0 cm³/mol. The highest BCUT2D eigenvalue weighted by molar-refractivity contribution is 7.99. The molecule has 0 spiro atoms. The van der Waals surface area contributed by atoms with Gasteiger partial charge in [-0.05, 0) is 31.0 Å². The van der Waals surface area contributed by atoms with Crippen molar-refractivity contribution in [1.29, 1.82) is 0 Å². The predicted octanol–water partition coefficient (Wildman–Crippen LogP) is 2.79. The summed E-state index contributed by atoms with van der Waals surface area (Å²) in [7, 11) is 0. The van der Waals surface area contributed by atoms with Gasteiger partial charge in [0.05, 0.1) is 5.56 Å². The summed E-state index contributed by atoms with van der Waals surface area (Å²) in [5.74, 6) is 0.914. The highest BCUT2D eigenvalue weighted by atomic mass is 35.5. The Balaban J connectivity index is 2.65. The van der Waals surface area contributed by atoms with Crippen molar-refractivity contribution in [1.82, 2.24) is 5.32 Å². The summed E-state index contributed by atoms with van der Waals surface area (Å²) >= 11 is 7.87. The lowest BCUT2D eigenvalue weighted by Crippen LogP contribution is -2.24. The van der Waals surface area contributed by atoms with Crippen LogP contribution in [0.25, 0.3) is 0 Å². The van der Waals surface area contributed by atoms with Crippen molar-refractivity contribution >= 4 is 29.3 Å². The Morgan fingerprint density at radius 3 is 2.93 bits per heavy atom. The van der Waals surface area contributed by atoms with E-state index in [1.165, 1.54) is 0 Å². The van der Waals surface area contributed by atoms with Crippen LogP contribution < -0.4 is 5.32 Å². The molecule has 0 aromatic heterocycles. The van der Waals surface area contributed by atoms with E-state index < -0.39 is 0 Å². The van der Waals surface area contributed by atoms with Crippen molar-refractivity contribution in [3.63, 3.8) is 0 Å². The molecule has 1 aliphatic rings. The molecule has 4 heteroatoms. The quantitative estimate of drug-likeness (QED) is 0.757. The van der Waals surface area contributed by atoms with Gasteiger partial charge in [-0.25, -0.2) is 0 Å². The largest absolute Gasteiger partial charge is 0.351 e. The van der Waals surface area contributed by atoms with Crippen molar-refractivity contribution in [3.8, 4) is 0 Å². The number of rotatable bonds is 0. The van der Waals surface area contributed by atoms with Crippen molar-refractivity contribution in [2.24, 2.45) is 0 Å². The van der Waals surface area contributed by atoms with Crippen LogP contribution in [0.3, 0.4) is 0 Å². The summed E-state index contributed by atoms with van der Waals surface area (Å²) < 4.78 is 0. The van der Waals surface area contributed by atoms with Crippen LogP contribution in [0.1, 0.15) is 21.5 Å². The van der Waals surface area contributed by atoms with Gasteiger partial charge in [0.2, 0.25) is 0 Å². The monoisotopic (exact) mass is 241 g/mol. The first-order valence-corrected chi connectivity index (χ1v) is 6.18. The second-order valence-electron chi connectivity index (χ2n) is 3.61. The fourth-order valence-electron chi connectivity index (χ4n) is 1.71. The van der Waals surface area contributed by atoms with E-state index in [0.29, 0.717) is 6.54 Å². The molecule has 2 nitrogen and oxygen atoms in total. The molecular formula is C11H12ClNOS. The minimum Gasteiger partial charge on any atom is -0.351 e. The Labute approximate surface area is 98.4 Å². The molecule has 0 saturated carbocycles. The van der Waals surface area contributed by atoms with Crippen LogP contribution in [0.2, 0.25) is 5.02 Å². The summed E-state index contributed by atoms with van der Waals surface area (Å²) in [5, 5.41) is 3.65. The zero-order chi connectivity index (χ0) is 11.0. The lowest BCUT2D eigenvalue weighted by Gasteiger charge is -2.11. The smallest absolute Gasteiger partial charge is 0.252 e. The first kappa shape index (κ1) is 10.8. The van der Waals surface area contributed by atoms with Crippen molar-refractivity contribution in [3.05, 3.63) is 27.8 Å². The van der Waals surface area contributed by atoms with Crippen LogP contribution in [-0.4, -0.2) is 18.2 Å². The summed E-state index contributed by atoms with van der Waals surface area (Å²) in [5.41, 5.74) is 2.75. The van der Waals surface area contributed by atoms with E-state index in [4.69, 9.17) is 11.6 Å². The number of hydrogen-bond donors (Lipinski definition) is 1. The van der Waals surface area contributed by atoms with Gasteiger partial charge in [-0.2, -0.15) is 0 Å². The van der Waals surface area contributed by atoms with Gasteiger partial charge >= 0.3 is 0 Å². The highest BCUT2D eigenvalue weighted by Gasteiger charge is 2.19. The number of aryl methyl sites for hydroxylation is 1. The third-order valence-electron chi connectivity index (χ3n) is 2.50. The molecular weight excluding hydrogens is 230 g/mol. The number of amides is 1. The maximum atomic E-state index is 11.8. The van der Waals surface area contributed by atoms with Crippen LogP contribution in [0.15, 0.2) is 11.0 Å². The summed E-state index contributed by atoms with van der Waals surface area (Å²) in [6.07, 6.45) is 0. The van der Waals surface area contributed by atoms with E-state index in [2.05, 4.69) is 5.32 Å². The third kappa shape index (κ3) is 1.86. The number of carbonyl (C=O) groups is 1. The van der Waals surface area contributed by atoms with Crippen LogP contribution in [0.4, 0.5) is 0 Å². The average Bonchev–Trinajstić information content (AvgIpc) is 2.39. The molecule has 0 aliphatic carbocycles. The van der Waals surface area contributed by atoms with E-state index in [1.54, 1.807) is 11.8 Å². The number of thioether (sulfide) groups is 1. The van der Waals surface area contributed by atoms with Gasteiger partial charge in [0, 0.05) is 22.2 Å². The van der Waals surface area contributed by atoms with E-state index in [1.807, 2.05) is 19.9 Å². The van der Waals surface area contributed by atoms with Crippen molar-refractivity contribution in [2.75, 3.05) is 12.3 Å². The number of hydrogen-bond acceptors (Lipinski definition) is 2. The maximum absolute atomic E-state index is 11.8. The molecule has 0 saturated heterocycles. The standard InChI is InChI=1S/C11H12ClNOS/c1-6-5-8-10(7(2)9(6)12)15-4-3-13-11(8)14/h5H,3-4H2,1-2H3,(H,13,14). The van der Waals surface area contributed by atoms with E-state index in [9.17, 15) is 4.79 Å². The van der Waals surface area contributed by atoms with Crippen LogP contribution >= 0.6 is 23.4 Å². The average molecular weight is 242 g/mol. The molecule has 1 N–H and O–H groups in total. The number of halogens is 1. The van der Waals surface area contributed by atoms with Gasteiger partial charge in [-0.1, -0.05) is 11.6 Å². The zero-order valence-electron chi connectivity index (χ0n) is 8.69. The Morgan fingerprint density at radius 2 is 2.20 bits per heavy atom. The summed E-state index contributed by atoms with van der Waals surface area (Å²) in [6, 6.07) is 1.87. The molecule has 1 aliphatic heterocycles. The topological polar surface area (TPSA) is 29.1 Å². The molecule has 1 heterocycles. The minimum atomic E-state index is 0.0119. The first-order valence-electron chi connectivity index (χ1n) is 4.82. The second-order valence-corrected chi connectivity index (χ2v) is 5.10. The van der Waals surface area contributed by atoms with Crippen molar-refractivity contribution in [2.45, 2.75) is 18.7 Å². The number of carbonyl (C=O) groups excluding carboxylic acids is 1. The van der Waals surface area contributed by atoms with Crippen LogP contribution in [0.5, 0.6) is 0 Å². The number of fused-ring (bicyclic) bond motifs is 1. The van der Waals surface area contributed by atoms with Crippen molar-refractivity contribution < 1.29 is 4.79 Å². The minimum absolute atomic E-state index is 0.0119. The maximum Gasteiger partial charge on any atom is 0.252 e. The molecule has 0 bridgehead atoms. The molecule has 15 heavy (non-hydrogen) atoms. The second kappa shape index (κ2) is 4.06. The first-order chi connectivity index (χ1) is 7.11. The number of benzene rings is 1. The summed E-state index contributed by atoms with van der Waals surface area (Å²) in [4.78, 5) is 12.8. The fourth-order valence-corrected chi connectivity index (χ4v) is 2.95. The van der Waals surface area contributed by atoms with Gasteiger partial charge in [-0.15, -0.1) is 11.8 Å². The molecule has 0 unspecified atom stereocenters. The van der Waals surface area contributed by atoms with Crippen LogP contribution in [0, 0.1) is 13.8 Å². The number of nitrogens with one attached hydrogen (secondary N) is 1. The Kier molecular flexibility index (Phi) is 2.94. The molecule has 1 aromatic carbocycles. The van der Waals surface area contributed by atoms with Gasteiger partial charge in [0.25, 0.3) is 5.91 Å². The molecule has 80 valence electrons. The van der Waals surface area contributed by atoms with Gasteiger partial charge < -0.3 is 5.32 Å². The molecule has 1 amide bonds. The molecule has 1 aromatic rings. The zero-order valence-corrected chi connectivity index (χ0v) is 10.3. The Hall–Kier alpha value is -0.670. The highest BCUT2D eigenvalue weighted by Crippen LogP contribution is 2.34. The SMILES string of the molecule is Cc1cc2c(c(C)c1Cl)SCCNC2=O. The molecule has 0 fully saturated rings. The third-order valence-corrected chi connectivity index (χ3v) is 4.30. The lowest BCUT2D eigenvalue weighted by atomic mass is 10.1. The molecule has 0 atom stereocenters. The Bertz CT molecular complexity index is 431. The van der Waals surface area contributed by atoms with Gasteiger partial charge in [0.15, 0.2) is 0 Å². The fraction of sp³-hybridized carbons (Fsp3) is 0.364. The van der Waals surface area contributed by atoms with E-state index >= 15 is 0 Å². The Morgan fingerprint density at radius 1 is 1.47 bits per heavy atom. The van der Waals surface area contributed by atoms with Crippen LogP contribution in [-0.2, 0) is 0 Å². The lowest BCUT2D eigenvalue weighted by molar-refractivity contribution is 0.0954. The van der Waals surface area contributed by atoms with E-state index in [0.717, 1.165) is 32.4 Å². The van der Waals surface area contributed by atoms with Gasteiger partial charge in [0.1, 0.15) is 0 Å².